The number of benzene rings is 1. The van der Waals surface area contributed by atoms with Crippen molar-refractivity contribution >= 4 is 17.7 Å². The normalized spacial score (nSPS) is 15.8. The van der Waals surface area contributed by atoms with Crippen LogP contribution < -0.4 is 5.32 Å². The van der Waals surface area contributed by atoms with Gasteiger partial charge in [0.2, 0.25) is 0 Å². The molecule has 1 aliphatic heterocycles. The summed E-state index contributed by atoms with van der Waals surface area (Å²) in [6, 6.07) is 6.31. The zero-order valence-electron chi connectivity index (χ0n) is 15.9. The van der Waals surface area contributed by atoms with Crippen LogP contribution in [0.3, 0.4) is 0 Å². The maximum Gasteiger partial charge on any atom is 0.270 e. The van der Waals surface area contributed by atoms with Crippen molar-refractivity contribution in [2.45, 2.75) is 43.8 Å². The molecule has 0 aliphatic carbocycles. The average molecular weight is 391 g/mol. The maximum atomic E-state index is 13.3. The number of imidazole rings is 1. The van der Waals surface area contributed by atoms with Crippen LogP contribution in [0.5, 0.6) is 0 Å². The standard InChI is InChI=1S/C20H27FN4OS/c1-3-4-11-24-12-9-16(10-13-24)23-19(26)18-14-22-20(27-2)25(18)17-7-5-15(21)6-8-17/h5-8,14,16H,3-4,9-13H2,1-2H3,(H,23,26). The van der Waals surface area contributed by atoms with Gasteiger partial charge in [-0.25, -0.2) is 9.37 Å². The van der Waals surface area contributed by atoms with Gasteiger partial charge in [-0.2, -0.15) is 0 Å². The van der Waals surface area contributed by atoms with Crippen molar-refractivity contribution in [2.75, 3.05) is 25.9 Å². The second-order valence-electron chi connectivity index (χ2n) is 6.88. The summed E-state index contributed by atoms with van der Waals surface area (Å²) in [5.74, 6) is -0.426. The lowest BCUT2D eigenvalue weighted by Gasteiger charge is -2.32. The molecule has 0 spiro atoms. The number of carbonyl (C=O) groups is 1. The van der Waals surface area contributed by atoms with Crippen molar-refractivity contribution in [2.24, 2.45) is 0 Å². The molecule has 2 heterocycles. The van der Waals surface area contributed by atoms with E-state index in [4.69, 9.17) is 0 Å². The minimum Gasteiger partial charge on any atom is -0.348 e. The molecule has 1 aromatic carbocycles. The summed E-state index contributed by atoms with van der Waals surface area (Å²) in [7, 11) is 0. The van der Waals surface area contributed by atoms with Gasteiger partial charge in [0.05, 0.1) is 6.20 Å². The Kier molecular flexibility index (Phi) is 6.90. The molecule has 0 unspecified atom stereocenters. The van der Waals surface area contributed by atoms with Crippen LogP contribution in [-0.4, -0.2) is 52.3 Å². The zero-order chi connectivity index (χ0) is 19.2. The molecule has 0 saturated carbocycles. The van der Waals surface area contributed by atoms with Crippen molar-refractivity contribution in [1.29, 1.82) is 0 Å². The van der Waals surface area contributed by atoms with E-state index in [0.717, 1.165) is 38.2 Å². The predicted octanol–water partition coefficient (Wildman–Crippen LogP) is 3.73. The van der Waals surface area contributed by atoms with Crippen molar-refractivity contribution in [3.8, 4) is 5.69 Å². The molecule has 0 atom stereocenters. The molecule has 1 aromatic heterocycles. The number of hydrogen-bond acceptors (Lipinski definition) is 4. The third-order valence-electron chi connectivity index (χ3n) is 4.98. The summed E-state index contributed by atoms with van der Waals surface area (Å²) >= 11 is 1.46. The lowest BCUT2D eigenvalue weighted by atomic mass is 10.0. The fourth-order valence-corrected chi connectivity index (χ4v) is 3.97. The Bertz CT molecular complexity index is 754. The fraction of sp³-hybridized carbons (Fsp3) is 0.500. The highest BCUT2D eigenvalue weighted by Crippen LogP contribution is 2.22. The second-order valence-corrected chi connectivity index (χ2v) is 7.66. The Morgan fingerprint density at radius 3 is 2.63 bits per heavy atom. The van der Waals surface area contributed by atoms with Gasteiger partial charge in [0.15, 0.2) is 5.16 Å². The van der Waals surface area contributed by atoms with Crippen LogP contribution in [0.25, 0.3) is 5.69 Å². The van der Waals surface area contributed by atoms with Crippen molar-refractivity contribution in [1.82, 2.24) is 19.8 Å². The molecule has 3 rings (SSSR count). The first-order valence-electron chi connectivity index (χ1n) is 9.53. The monoisotopic (exact) mass is 390 g/mol. The molecule has 1 fully saturated rings. The number of nitrogens with one attached hydrogen (secondary N) is 1. The highest BCUT2D eigenvalue weighted by Gasteiger charge is 2.23. The van der Waals surface area contributed by atoms with Gasteiger partial charge in [0.1, 0.15) is 11.5 Å². The Balaban J connectivity index is 1.69. The largest absolute Gasteiger partial charge is 0.348 e. The van der Waals surface area contributed by atoms with Crippen molar-refractivity contribution in [3.05, 3.63) is 42.0 Å². The minimum absolute atomic E-state index is 0.126. The van der Waals surface area contributed by atoms with E-state index in [1.165, 1.54) is 36.7 Å². The molecular weight excluding hydrogens is 363 g/mol. The van der Waals surface area contributed by atoms with E-state index in [9.17, 15) is 9.18 Å². The second kappa shape index (κ2) is 9.37. The number of likely N-dealkylation sites (tertiary alicyclic amines) is 1. The summed E-state index contributed by atoms with van der Waals surface area (Å²) in [5, 5.41) is 3.87. The van der Waals surface area contributed by atoms with Gasteiger partial charge in [0, 0.05) is 24.8 Å². The highest BCUT2D eigenvalue weighted by molar-refractivity contribution is 7.98. The number of hydrogen-bond donors (Lipinski definition) is 1. The zero-order valence-corrected chi connectivity index (χ0v) is 16.8. The van der Waals surface area contributed by atoms with E-state index in [1.807, 2.05) is 6.26 Å². The Hall–Kier alpha value is -1.86. The first-order valence-corrected chi connectivity index (χ1v) is 10.8. The van der Waals surface area contributed by atoms with E-state index in [2.05, 4.69) is 22.1 Å². The number of aromatic nitrogens is 2. The first-order chi connectivity index (χ1) is 13.1. The van der Waals surface area contributed by atoms with Gasteiger partial charge >= 0.3 is 0 Å². The third kappa shape index (κ3) is 4.90. The van der Waals surface area contributed by atoms with E-state index < -0.39 is 0 Å². The van der Waals surface area contributed by atoms with Crippen LogP contribution in [0.4, 0.5) is 4.39 Å². The van der Waals surface area contributed by atoms with Gasteiger partial charge in [-0.1, -0.05) is 25.1 Å². The number of halogens is 1. The molecule has 146 valence electrons. The summed E-state index contributed by atoms with van der Waals surface area (Å²) in [4.78, 5) is 19.7. The lowest BCUT2D eigenvalue weighted by Crippen LogP contribution is -2.45. The van der Waals surface area contributed by atoms with Crippen LogP contribution in [-0.2, 0) is 0 Å². The Morgan fingerprint density at radius 2 is 2.00 bits per heavy atom. The topological polar surface area (TPSA) is 50.2 Å². The summed E-state index contributed by atoms with van der Waals surface area (Å²) in [6.45, 7) is 5.40. The average Bonchev–Trinajstić information content (AvgIpc) is 3.12. The molecule has 5 nitrogen and oxygen atoms in total. The SMILES string of the molecule is CCCCN1CCC(NC(=O)c2cnc(SC)n2-c2ccc(F)cc2)CC1. The Labute approximate surface area is 164 Å². The molecule has 1 amide bonds. The number of piperidine rings is 1. The molecule has 27 heavy (non-hydrogen) atoms. The molecule has 0 bridgehead atoms. The lowest BCUT2D eigenvalue weighted by molar-refractivity contribution is 0.0903. The molecular formula is C20H27FN4OS. The number of thioether (sulfide) groups is 1. The Morgan fingerprint density at radius 1 is 1.30 bits per heavy atom. The van der Waals surface area contributed by atoms with Crippen LogP contribution in [0, 0.1) is 5.82 Å². The van der Waals surface area contributed by atoms with Crippen LogP contribution in [0.15, 0.2) is 35.6 Å². The van der Waals surface area contributed by atoms with Crippen molar-refractivity contribution in [3.63, 3.8) is 0 Å². The number of nitrogens with zero attached hydrogens (tertiary/aromatic N) is 3. The number of rotatable bonds is 7. The molecule has 2 aromatic rings. The number of amides is 1. The van der Waals surface area contributed by atoms with Gasteiger partial charge in [-0.05, 0) is 56.3 Å². The van der Waals surface area contributed by atoms with Crippen LogP contribution in [0.2, 0.25) is 0 Å². The maximum absolute atomic E-state index is 13.3. The third-order valence-corrected chi connectivity index (χ3v) is 5.63. The molecule has 7 heteroatoms. The molecule has 1 saturated heterocycles. The van der Waals surface area contributed by atoms with Crippen molar-refractivity contribution < 1.29 is 9.18 Å². The van der Waals surface area contributed by atoms with Gasteiger partial charge < -0.3 is 10.2 Å². The van der Waals surface area contributed by atoms with Gasteiger partial charge in [-0.3, -0.25) is 9.36 Å². The molecule has 1 aliphatic rings. The molecule has 1 N–H and O–H groups in total. The molecule has 0 radical (unpaired) electrons. The fourth-order valence-electron chi connectivity index (χ4n) is 3.42. The van der Waals surface area contributed by atoms with E-state index in [0.29, 0.717) is 10.9 Å². The number of unbranched alkanes of at least 4 members (excludes halogenated alkanes) is 1. The van der Waals surface area contributed by atoms with Crippen LogP contribution >= 0.6 is 11.8 Å². The highest BCUT2D eigenvalue weighted by atomic mass is 32.2. The van der Waals surface area contributed by atoms with Gasteiger partial charge in [0.25, 0.3) is 5.91 Å². The quantitative estimate of drug-likeness (QED) is 0.732. The number of carbonyl (C=O) groups excluding carboxylic acids is 1. The van der Waals surface area contributed by atoms with Crippen LogP contribution in [0.1, 0.15) is 43.1 Å². The predicted molar refractivity (Wildman–Crippen MR) is 107 cm³/mol. The van der Waals surface area contributed by atoms with E-state index in [1.54, 1.807) is 22.9 Å². The smallest absolute Gasteiger partial charge is 0.270 e. The summed E-state index contributed by atoms with van der Waals surface area (Å²) < 4.78 is 15.1. The van der Waals surface area contributed by atoms with E-state index >= 15 is 0 Å². The first kappa shape index (κ1) is 19.9. The van der Waals surface area contributed by atoms with E-state index in [-0.39, 0.29) is 17.8 Å². The summed E-state index contributed by atoms with van der Waals surface area (Å²) in [5.41, 5.74) is 1.22. The van der Waals surface area contributed by atoms with Gasteiger partial charge in [-0.15, -0.1) is 0 Å². The minimum atomic E-state index is -0.301. The summed E-state index contributed by atoms with van der Waals surface area (Å²) in [6.07, 6.45) is 7.88.